The number of nitrogens with zero attached hydrogens (tertiary/aromatic N) is 1. The summed E-state index contributed by atoms with van der Waals surface area (Å²) in [7, 11) is 0. The van der Waals surface area contributed by atoms with E-state index in [1.165, 1.54) is 11.8 Å². The van der Waals surface area contributed by atoms with E-state index in [9.17, 15) is 9.59 Å². The Morgan fingerprint density at radius 2 is 2.25 bits per heavy atom. The first-order valence-corrected chi connectivity index (χ1v) is 10.4. The van der Waals surface area contributed by atoms with Gasteiger partial charge in [0.25, 0.3) is 0 Å². The molecule has 1 aliphatic rings. The summed E-state index contributed by atoms with van der Waals surface area (Å²) in [5, 5.41) is 5.75. The topological polar surface area (TPSA) is 80.3 Å². The zero-order valence-corrected chi connectivity index (χ0v) is 17.1. The van der Waals surface area contributed by atoms with Gasteiger partial charge in [-0.05, 0) is 30.7 Å². The van der Waals surface area contributed by atoms with Gasteiger partial charge in [-0.3, -0.25) is 9.59 Å². The fourth-order valence-electron chi connectivity index (χ4n) is 2.69. The van der Waals surface area contributed by atoms with Crippen LogP contribution in [-0.2, 0) is 16.1 Å². The molecule has 0 bridgehead atoms. The number of amides is 2. The summed E-state index contributed by atoms with van der Waals surface area (Å²) in [6, 6.07) is 9.00. The van der Waals surface area contributed by atoms with Crippen LogP contribution in [0.4, 0.5) is 5.69 Å². The van der Waals surface area contributed by atoms with Crippen LogP contribution in [0.2, 0.25) is 5.02 Å². The van der Waals surface area contributed by atoms with Crippen LogP contribution in [0.3, 0.4) is 0 Å². The summed E-state index contributed by atoms with van der Waals surface area (Å²) in [4.78, 5) is 29.8. The van der Waals surface area contributed by atoms with Crippen LogP contribution >= 0.6 is 23.4 Å². The Balaban J connectivity index is 1.55. The first-order valence-electron chi connectivity index (χ1n) is 9.17. The highest BCUT2D eigenvalue weighted by Gasteiger charge is 2.29. The molecule has 0 aliphatic carbocycles. The molecule has 2 N–H and O–H groups in total. The molecular formula is C20H22ClN3O3S. The van der Waals surface area contributed by atoms with Crippen LogP contribution in [0.1, 0.15) is 31.7 Å². The number of pyridine rings is 1. The highest BCUT2D eigenvalue weighted by atomic mass is 35.5. The molecular weight excluding hydrogens is 398 g/mol. The van der Waals surface area contributed by atoms with Crippen LogP contribution in [0, 0.1) is 0 Å². The second-order valence-electron chi connectivity index (χ2n) is 6.39. The molecule has 1 atom stereocenters. The Morgan fingerprint density at radius 3 is 3.07 bits per heavy atom. The van der Waals surface area contributed by atoms with Crippen LogP contribution in [0.15, 0.2) is 41.4 Å². The molecule has 0 fully saturated rings. The van der Waals surface area contributed by atoms with E-state index in [1.807, 2.05) is 12.1 Å². The Kier molecular flexibility index (Phi) is 7.17. The molecule has 2 heterocycles. The first kappa shape index (κ1) is 20.5. The molecule has 1 unspecified atom stereocenters. The van der Waals surface area contributed by atoms with E-state index in [0.29, 0.717) is 29.7 Å². The molecule has 1 aliphatic heterocycles. The van der Waals surface area contributed by atoms with Gasteiger partial charge in [0.15, 0.2) is 0 Å². The Hall–Kier alpha value is -2.25. The van der Waals surface area contributed by atoms with Gasteiger partial charge in [-0.2, -0.15) is 0 Å². The van der Waals surface area contributed by atoms with Gasteiger partial charge in [0.1, 0.15) is 0 Å². The van der Waals surface area contributed by atoms with Gasteiger partial charge in [-0.15, -0.1) is 11.8 Å². The molecule has 0 saturated heterocycles. The van der Waals surface area contributed by atoms with Crippen LogP contribution in [-0.4, -0.2) is 28.7 Å². The highest BCUT2D eigenvalue weighted by molar-refractivity contribution is 8.01. The fraction of sp³-hybridized carbons (Fsp3) is 0.350. The third-order valence-electron chi connectivity index (χ3n) is 4.19. The van der Waals surface area contributed by atoms with Crippen LogP contribution < -0.4 is 15.4 Å². The standard InChI is InChI=1S/C20H22ClN3O3S/c1-2-3-9-27-20-13(5-4-8-22-20)12-23-18(25)11-17-19(26)24-15-10-14(21)6-7-16(15)28-17/h4-8,10,17H,2-3,9,11-12H2,1H3,(H,23,25)(H,24,26). The Bertz CT molecular complexity index is 862. The van der Waals surface area contributed by atoms with Crippen molar-refractivity contribution in [1.82, 2.24) is 10.3 Å². The molecule has 148 valence electrons. The number of unbranched alkanes of at least 4 members (excludes halogenated alkanes) is 1. The van der Waals surface area contributed by atoms with Crippen LogP contribution in [0.5, 0.6) is 5.88 Å². The lowest BCUT2D eigenvalue weighted by Gasteiger charge is -2.23. The van der Waals surface area contributed by atoms with Gasteiger partial charge in [0.2, 0.25) is 17.7 Å². The fourth-order valence-corrected chi connectivity index (χ4v) is 3.96. The number of fused-ring (bicyclic) bond motifs is 1. The smallest absolute Gasteiger partial charge is 0.238 e. The Morgan fingerprint density at radius 1 is 1.39 bits per heavy atom. The SMILES string of the molecule is CCCCOc1ncccc1CNC(=O)CC1Sc2ccc(Cl)cc2NC1=O. The lowest BCUT2D eigenvalue weighted by molar-refractivity contribution is -0.124. The number of hydrogen-bond acceptors (Lipinski definition) is 5. The molecule has 1 aromatic heterocycles. The third kappa shape index (κ3) is 5.39. The van der Waals surface area contributed by atoms with E-state index in [-0.39, 0.29) is 18.2 Å². The maximum absolute atomic E-state index is 12.4. The minimum Gasteiger partial charge on any atom is -0.477 e. The first-order chi connectivity index (χ1) is 13.6. The third-order valence-corrected chi connectivity index (χ3v) is 5.70. The maximum atomic E-state index is 12.4. The number of hydrogen-bond donors (Lipinski definition) is 2. The van der Waals surface area contributed by atoms with E-state index in [2.05, 4.69) is 22.5 Å². The molecule has 0 spiro atoms. The van der Waals surface area contributed by atoms with Gasteiger partial charge in [0.05, 0.1) is 17.5 Å². The van der Waals surface area contributed by atoms with E-state index >= 15 is 0 Å². The van der Waals surface area contributed by atoms with Crippen molar-refractivity contribution in [2.24, 2.45) is 0 Å². The number of thioether (sulfide) groups is 1. The van der Waals surface area contributed by atoms with Gasteiger partial charge < -0.3 is 15.4 Å². The largest absolute Gasteiger partial charge is 0.477 e. The number of halogens is 1. The van der Waals surface area contributed by atoms with E-state index in [0.717, 1.165) is 23.3 Å². The van der Waals surface area contributed by atoms with E-state index < -0.39 is 5.25 Å². The van der Waals surface area contributed by atoms with Crippen molar-refractivity contribution >= 4 is 40.9 Å². The van der Waals surface area contributed by atoms with Crippen molar-refractivity contribution in [3.05, 3.63) is 47.1 Å². The van der Waals surface area contributed by atoms with Gasteiger partial charge >= 0.3 is 0 Å². The molecule has 0 radical (unpaired) electrons. The van der Waals surface area contributed by atoms with Gasteiger partial charge in [-0.25, -0.2) is 4.98 Å². The van der Waals surface area contributed by atoms with Crippen molar-refractivity contribution < 1.29 is 14.3 Å². The summed E-state index contributed by atoms with van der Waals surface area (Å²) in [6.45, 7) is 2.99. The number of rotatable bonds is 8. The minimum absolute atomic E-state index is 0.0881. The minimum atomic E-state index is -0.483. The zero-order valence-electron chi connectivity index (χ0n) is 15.5. The molecule has 28 heavy (non-hydrogen) atoms. The number of ether oxygens (including phenoxy) is 1. The summed E-state index contributed by atoms with van der Waals surface area (Å²) in [5.74, 6) is 0.139. The summed E-state index contributed by atoms with van der Waals surface area (Å²) in [6.07, 6.45) is 3.74. The predicted molar refractivity (Wildman–Crippen MR) is 111 cm³/mol. The molecule has 3 rings (SSSR count). The van der Waals surface area contributed by atoms with Crippen molar-refractivity contribution in [3.8, 4) is 5.88 Å². The molecule has 0 saturated carbocycles. The number of nitrogens with one attached hydrogen (secondary N) is 2. The lowest BCUT2D eigenvalue weighted by atomic mass is 10.2. The number of carbonyl (C=O) groups is 2. The molecule has 1 aromatic carbocycles. The summed E-state index contributed by atoms with van der Waals surface area (Å²) < 4.78 is 5.68. The zero-order chi connectivity index (χ0) is 19.9. The molecule has 2 amide bonds. The van der Waals surface area contributed by atoms with Crippen LogP contribution in [0.25, 0.3) is 0 Å². The predicted octanol–water partition coefficient (Wildman–Crippen LogP) is 4.03. The number of anilines is 1. The van der Waals surface area contributed by atoms with Crippen molar-refractivity contribution in [2.75, 3.05) is 11.9 Å². The van der Waals surface area contributed by atoms with E-state index in [1.54, 1.807) is 24.4 Å². The van der Waals surface area contributed by atoms with E-state index in [4.69, 9.17) is 16.3 Å². The average Bonchev–Trinajstić information content (AvgIpc) is 2.68. The van der Waals surface area contributed by atoms with Gasteiger partial charge in [-0.1, -0.05) is 31.0 Å². The number of benzene rings is 1. The second kappa shape index (κ2) is 9.80. The normalized spacial score (nSPS) is 15.5. The van der Waals surface area contributed by atoms with Crippen molar-refractivity contribution in [3.63, 3.8) is 0 Å². The Labute approximate surface area is 173 Å². The van der Waals surface area contributed by atoms with Crippen molar-refractivity contribution in [1.29, 1.82) is 0 Å². The molecule has 8 heteroatoms. The quantitative estimate of drug-likeness (QED) is 0.631. The van der Waals surface area contributed by atoms with Crippen molar-refractivity contribution in [2.45, 2.75) is 42.9 Å². The monoisotopic (exact) mass is 419 g/mol. The lowest BCUT2D eigenvalue weighted by Crippen LogP contribution is -2.34. The summed E-state index contributed by atoms with van der Waals surface area (Å²) in [5.41, 5.74) is 1.50. The molecule has 2 aromatic rings. The number of aromatic nitrogens is 1. The van der Waals surface area contributed by atoms with Gasteiger partial charge in [0, 0.05) is 34.6 Å². The summed E-state index contributed by atoms with van der Waals surface area (Å²) >= 11 is 7.33. The average molecular weight is 420 g/mol. The number of carbonyl (C=O) groups excluding carboxylic acids is 2. The second-order valence-corrected chi connectivity index (χ2v) is 8.07. The molecule has 6 nitrogen and oxygen atoms in total. The maximum Gasteiger partial charge on any atom is 0.238 e. The highest BCUT2D eigenvalue weighted by Crippen LogP contribution is 2.38.